The summed E-state index contributed by atoms with van der Waals surface area (Å²) in [6.07, 6.45) is 2.19. The molecule has 1 N–H and O–H groups in total. The van der Waals surface area contributed by atoms with Crippen LogP contribution in [0.25, 0.3) is 0 Å². The minimum atomic E-state index is 0.341. The number of hydrogen-bond acceptors (Lipinski definition) is 5. The number of tetrazole rings is 1. The van der Waals surface area contributed by atoms with Crippen LogP contribution >= 0.6 is 0 Å². The van der Waals surface area contributed by atoms with E-state index >= 15 is 0 Å². The fourth-order valence-electron chi connectivity index (χ4n) is 2.34. The minimum Gasteiger partial charge on any atom is -0.381 e. The zero-order chi connectivity index (χ0) is 13.0. The van der Waals surface area contributed by atoms with Gasteiger partial charge in [-0.1, -0.05) is 13.8 Å². The Bertz CT molecular complexity index is 359. The Morgan fingerprint density at radius 2 is 2.06 bits per heavy atom. The molecule has 1 fully saturated rings. The molecule has 0 saturated carbocycles. The van der Waals surface area contributed by atoms with Gasteiger partial charge < -0.3 is 10.1 Å². The lowest BCUT2D eigenvalue weighted by atomic mass is 9.93. The molecule has 0 amide bonds. The van der Waals surface area contributed by atoms with Crippen molar-refractivity contribution in [3.8, 4) is 0 Å². The summed E-state index contributed by atoms with van der Waals surface area (Å²) in [6, 6.07) is 0.779. The molecule has 0 bridgehead atoms. The van der Waals surface area contributed by atoms with Gasteiger partial charge in [0.05, 0.1) is 12.6 Å². The van der Waals surface area contributed by atoms with Gasteiger partial charge in [-0.3, -0.25) is 0 Å². The first kappa shape index (κ1) is 13.4. The number of nitrogens with zero attached hydrogens (tertiary/aromatic N) is 4. The number of nitrogens with one attached hydrogen (secondary N) is 1. The topological polar surface area (TPSA) is 64.9 Å². The van der Waals surface area contributed by atoms with Crippen LogP contribution in [-0.2, 0) is 11.3 Å². The molecule has 0 radical (unpaired) electrons. The van der Waals surface area contributed by atoms with Crippen molar-refractivity contribution in [3.05, 3.63) is 5.82 Å². The highest BCUT2D eigenvalue weighted by Gasteiger charge is 2.24. The van der Waals surface area contributed by atoms with Crippen LogP contribution in [-0.4, -0.2) is 39.5 Å². The largest absolute Gasteiger partial charge is 0.381 e. The summed E-state index contributed by atoms with van der Waals surface area (Å²) in [4.78, 5) is 0. The van der Waals surface area contributed by atoms with E-state index in [1.807, 2.05) is 4.68 Å². The molecule has 6 nitrogen and oxygen atoms in total. The fourth-order valence-corrected chi connectivity index (χ4v) is 2.34. The standard InChI is InChI=1S/C12H23N5O/c1-9(2)13-8-12-14-15-16-17(12)10(3)11-4-6-18-7-5-11/h9-11,13H,4-8H2,1-3H3. The van der Waals surface area contributed by atoms with E-state index in [0.29, 0.717) is 18.0 Å². The summed E-state index contributed by atoms with van der Waals surface area (Å²) in [5, 5.41) is 15.4. The Hall–Kier alpha value is -1.01. The van der Waals surface area contributed by atoms with Crippen LogP contribution in [0.1, 0.15) is 45.5 Å². The molecule has 0 aromatic carbocycles. The molecule has 6 heteroatoms. The lowest BCUT2D eigenvalue weighted by molar-refractivity contribution is 0.0487. The van der Waals surface area contributed by atoms with E-state index in [0.717, 1.165) is 38.4 Å². The van der Waals surface area contributed by atoms with Crippen LogP contribution < -0.4 is 5.32 Å². The van der Waals surface area contributed by atoms with Crippen molar-refractivity contribution in [2.45, 2.75) is 52.2 Å². The molecule has 1 atom stereocenters. The SMILES string of the molecule is CC(C)NCc1nnnn1C(C)C1CCOCC1. The average Bonchev–Trinajstić information content (AvgIpc) is 2.85. The lowest BCUT2D eigenvalue weighted by Gasteiger charge is -2.28. The van der Waals surface area contributed by atoms with E-state index < -0.39 is 0 Å². The second-order valence-electron chi connectivity index (χ2n) is 5.27. The molecule has 1 aliphatic rings. The Labute approximate surface area is 108 Å². The minimum absolute atomic E-state index is 0.341. The van der Waals surface area contributed by atoms with E-state index in [9.17, 15) is 0 Å². The lowest BCUT2D eigenvalue weighted by Crippen LogP contribution is -2.29. The van der Waals surface area contributed by atoms with Crippen molar-refractivity contribution >= 4 is 0 Å². The summed E-state index contributed by atoms with van der Waals surface area (Å²) in [5.74, 6) is 1.53. The Morgan fingerprint density at radius 1 is 1.33 bits per heavy atom. The molecule has 0 aliphatic carbocycles. The van der Waals surface area contributed by atoms with Gasteiger partial charge in [-0.2, -0.15) is 0 Å². The van der Waals surface area contributed by atoms with Crippen molar-refractivity contribution in [1.29, 1.82) is 0 Å². The van der Waals surface area contributed by atoms with Gasteiger partial charge in [0.15, 0.2) is 5.82 Å². The molecule has 2 heterocycles. The monoisotopic (exact) mass is 253 g/mol. The highest BCUT2D eigenvalue weighted by molar-refractivity contribution is 4.86. The van der Waals surface area contributed by atoms with Crippen LogP contribution in [0.3, 0.4) is 0 Å². The molecule has 18 heavy (non-hydrogen) atoms. The highest BCUT2D eigenvalue weighted by atomic mass is 16.5. The predicted molar refractivity (Wildman–Crippen MR) is 68.0 cm³/mol. The van der Waals surface area contributed by atoms with Gasteiger partial charge >= 0.3 is 0 Å². The first-order valence-corrected chi connectivity index (χ1v) is 6.76. The Kier molecular flexibility index (Phi) is 4.66. The molecular weight excluding hydrogens is 230 g/mol. The maximum atomic E-state index is 5.40. The van der Waals surface area contributed by atoms with Crippen LogP contribution in [0.5, 0.6) is 0 Å². The van der Waals surface area contributed by atoms with Gasteiger partial charge in [0.2, 0.25) is 0 Å². The van der Waals surface area contributed by atoms with Crippen LogP contribution in [0.15, 0.2) is 0 Å². The van der Waals surface area contributed by atoms with Crippen LogP contribution in [0.2, 0.25) is 0 Å². The van der Waals surface area contributed by atoms with E-state index in [1.165, 1.54) is 0 Å². The molecular formula is C12H23N5O. The zero-order valence-corrected chi connectivity index (χ0v) is 11.5. The van der Waals surface area contributed by atoms with Gasteiger partial charge in [0, 0.05) is 19.3 Å². The Balaban J connectivity index is 2.00. The van der Waals surface area contributed by atoms with E-state index in [4.69, 9.17) is 4.74 Å². The molecule has 1 aromatic heterocycles. The first-order valence-electron chi connectivity index (χ1n) is 6.76. The third-order valence-electron chi connectivity index (χ3n) is 3.56. The zero-order valence-electron chi connectivity index (χ0n) is 11.5. The highest BCUT2D eigenvalue weighted by Crippen LogP contribution is 2.27. The summed E-state index contributed by atoms with van der Waals surface area (Å²) < 4.78 is 7.37. The van der Waals surface area contributed by atoms with Crippen molar-refractivity contribution in [3.63, 3.8) is 0 Å². The maximum absolute atomic E-state index is 5.40. The second kappa shape index (κ2) is 6.24. The third kappa shape index (κ3) is 3.26. The maximum Gasteiger partial charge on any atom is 0.165 e. The van der Waals surface area contributed by atoms with Gasteiger partial charge in [0.1, 0.15) is 0 Å². The van der Waals surface area contributed by atoms with E-state index in [2.05, 4.69) is 41.6 Å². The molecule has 1 aromatic rings. The predicted octanol–water partition coefficient (Wildman–Crippen LogP) is 1.16. The fraction of sp³-hybridized carbons (Fsp3) is 0.917. The summed E-state index contributed by atoms with van der Waals surface area (Å²) in [5.41, 5.74) is 0. The average molecular weight is 253 g/mol. The molecule has 1 aliphatic heterocycles. The number of hydrogen-bond donors (Lipinski definition) is 1. The summed E-state index contributed by atoms with van der Waals surface area (Å²) in [7, 11) is 0. The van der Waals surface area contributed by atoms with Gasteiger partial charge in [0.25, 0.3) is 0 Å². The number of ether oxygens (including phenoxy) is 1. The summed E-state index contributed by atoms with van der Waals surface area (Å²) in [6.45, 7) is 8.88. The molecule has 102 valence electrons. The van der Waals surface area contributed by atoms with Gasteiger partial charge in [-0.05, 0) is 36.1 Å². The van der Waals surface area contributed by atoms with E-state index in [1.54, 1.807) is 0 Å². The number of rotatable bonds is 5. The molecule has 1 unspecified atom stereocenters. The van der Waals surface area contributed by atoms with Crippen molar-refractivity contribution in [2.24, 2.45) is 5.92 Å². The second-order valence-corrected chi connectivity index (χ2v) is 5.27. The smallest absolute Gasteiger partial charge is 0.165 e. The van der Waals surface area contributed by atoms with Crippen molar-refractivity contribution in [1.82, 2.24) is 25.5 Å². The normalized spacial score (nSPS) is 19.3. The quantitative estimate of drug-likeness (QED) is 0.853. The molecule has 1 saturated heterocycles. The van der Waals surface area contributed by atoms with E-state index in [-0.39, 0.29) is 0 Å². The molecule has 2 rings (SSSR count). The third-order valence-corrected chi connectivity index (χ3v) is 3.56. The van der Waals surface area contributed by atoms with Crippen molar-refractivity contribution in [2.75, 3.05) is 13.2 Å². The Morgan fingerprint density at radius 3 is 2.72 bits per heavy atom. The summed E-state index contributed by atoms with van der Waals surface area (Å²) >= 11 is 0. The van der Waals surface area contributed by atoms with Crippen LogP contribution in [0.4, 0.5) is 0 Å². The number of aromatic nitrogens is 4. The van der Waals surface area contributed by atoms with Gasteiger partial charge in [-0.15, -0.1) is 5.10 Å². The van der Waals surface area contributed by atoms with Gasteiger partial charge in [-0.25, -0.2) is 4.68 Å². The molecule has 0 spiro atoms. The van der Waals surface area contributed by atoms with Crippen LogP contribution in [0, 0.1) is 5.92 Å². The first-order chi connectivity index (χ1) is 8.68. The van der Waals surface area contributed by atoms with Crippen molar-refractivity contribution < 1.29 is 4.74 Å².